The second-order valence-electron chi connectivity index (χ2n) is 3.68. The van der Waals surface area contributed by atoms with Crippen molar-refractivity contribution in [2.24, 2.45) is 5.73 Å². The number of Topliss-reactive ketones (excluding diaryl/α,β-unsaturated/α-hetero) is 1. The van der Waals surface area contributed by atoms with Crippen molar-refractivity contribution in [1.82, 2.24) is 4.98 Å². The van der Waals surface area contributed by atoms with Crippen molar-refractivity contribution < 1.29 is 14.3 Å². The van der Waals surface area contributed by atoms with Crippen molar-refractivity contribution in [2.45, 2.75) is 12.8 Å². The van der Waals surface area contributed by atoms with Crippen molar-refractivity contribution in [3.63, 3.8) is 0 Å². The number of nitrogens with zero attached hydrogens (tertiary/aromatic N) is 1. The molecule has 0 saturated carbocycles. The zero-order valence-corrected chi connectivity index (χ0v) is 10.4. The molecule has 0 aliphatic rings. The molecule has 0 radical (unpaired) electrons. The lowest BCUT2D eigenvalue weighted by Crippen LogP contribution is -2.14. The molecule has 1 aromatic carbocycles. The molecule has 0 saturated heterocycles. The molecule has 1 aromatic heterocycles. The van der Waals surface area contributed by atoms with Gasteiger partial charge in [0.2, 0.25) is 0 Å². The lowest BCUT2D eigenvalue weighted by Gasteiger charge is -1.99. The molecule has 0 spiro atoms. The summed E-state index contributed by atoms with van der Waals surface area (Å²) in [5, 5.41) is 0.496. The number of thiazole rings is 1. The van der Waals surface area contributed by atoms with Gasteiger partial charge < -0.3 is 10.5 Å². The third-order valence-electron chi connectivity index (χ3n) is 2.32. The van der Waals surface area contributed by atoms with Gasteiger partial charge in [-0.15, -0.1) is 11.3 Å². The van der Waals surface area contributed by atoms with Gasteiger partial charge in [-0.1, -0.05) is 12.1 Å². The van der Waals surface area contributed by atoms with Crippen molar-refractivity contribution >= 4 is 33.4 Å². The Morgan fingerprint density at radius 1 is 1.33 bits per heavy atom. The number of amides is 1. The lowest BCUT2D eigenvalue weighted by molar-refractivity contribution is 0.0963. The van der Waals surface area contributed by atoms with Crippen molar-refractivity contribution in [2.75, 3.05) is 6.61 Å². The molecule has 2 aromatic rings. The van der Waals surface area contributed by atoms with Gasteiger partial charge in [-0.25, -0.2) is 9.78 Å². The molecular formula is C12H12N2O3S. The summed E-state index contributed by atoms with van der Waals surface area (Å²) in [6.45, 7) is 0.159. The summed E-state index contributed by atoms with van der Waals surface area (Å²) in [6, 6.07) is 7.60. The van der Waals surface area contributed by atoms with E-state index in [-0.39, 0.29) is 12.4 Å². The maximum atomic E-state index is 11.8. The third kappa shape index (κ3) is 3.04. The molecule has 0 unspecified atom stereocenters. The summed E-state index contributed by atoms with van der Waals surface area (Å²) in [5.74, 6) is -0.0377. The monoisotopic (exact) mass is 264 g/mol. The lowest BCUT2D eigenvalue weighted by atomic mass is 10.2. The fourth-order valence-corrected chi connectivity index (χ4v) is 2.44. The first kappa shape index (κ1) is 12.5. The Labute approximate surface area is 108 Å². The van der Waals surface area contributed by atoms with E-state index in [1.807, 2.05) is 24.3 Å². The molecule has 0 fully saturated rings. The maximum Gasteiger partial charge on any atom is 0.404 e. The van der Waals surface area contributed by atoms with Crippen LogP contribution in [0.4, 0.5) is 4.79 Å². The predicted octanol–water partition coefficient (Wildman–Crippen LogP) is 2.35. The molecule has 0 atom stereocenters. The van der Waals surface area contributed by atoms with E-state index in [1.165, 1.54) is 11.3 Å². The third-order valence-corrected chi connectivity index (χ3v) is 3.40. The van der Waals surface area contributed by atoms with Gasteiger partial charge in [-0.05, 0) is 18.6 Å². The van der Waals surface area contributed by atoms with Crippen LogP contribution in [0.15, 0.2) is 24.3 Å². The van der Waals surface area contributed by atoms with Crippen molar-refractivity contribution in [1.29, 1.82) is 0 Å². The van der Waals surface area contributed by atoms with E-state index >= 15 is 0 Å². The summed E-state index contributed by atoms with van der Waals surface area (Å²) < 4.78 is 5.55. The highest BCUT2D eigenvalue weighted by Gasteiger charge is 2.11. The van der Waals surface area contributed by atoms with E-state index in [1.54, 1.807) is 0 Å². The van der Waals surface area contributed by atoms with Crippen LogP contribution in [0.1, 0.15) is 22.6 Å². The zero-order valence-electron chi connectivity index (χ0n) is 9.59. The molecule has 0 bridgehead atoms. The van der Waals surface area contributed by atoms with E-state index in [4.69, 9.17) is 5.73 Å². The number of primary amides is 1. The fraction of sp³-hybridized carbons (Fsp3) is 0.250. The molecule has 2 N–H and O–H groups in total. The molecule has 1 amide bonds. The number of hydrogen-bond acceptors (Lipinski definition) is 5. The summed E-state index contributed by atoms with van der Waals surface area (Å²) in [4.78, 5) is 26.4. The summed E-state index contributed by atoms with van der Waals surface area (Å²) in [6.07, 6.45) is -0.0624. The van der Waals surface area contributed by atoms with Crippen LogP contribution < -0.4 is 5.73 Å². The minimum Gasteiger partial charge on any atom is -0.450 e. The number of para-hydroxylation sites is 1. The quantitative estimate of drug-likeness (QED) is 0.663. The SMILES string of the molecule is NC(=O)OCCCC(=O)c1nc2ccccc2s1. The Morgan fingerprint density at radius 3 is 2.83 bits per heavy atom. The molecule has 6 heteroatoms. The minimum absolute atomic E-state index is 0.0377. The average Bonchev–Trinajstić information content (AvgIpc) is 2.78. The first-order valence-electron chi connectivity index (χ1n) is 5.48. The molecular weight excluding hydrogens is 252 g/mol. The Morgan fingerprint density at radius 2 is 2.11 bits per heavy atom. The normalized spacial score (nSPS) is 10.4. The first-order chi connectivity index (χ1) is 8.66. The molecule has 0 aliphatic carbocycles. The molecule has 2 rings (SSSR count). The summed E-state index contributed by atoms with van der Waals surface area (Å²) >= 11 is 1.38. The number of benzene rings is 1. The summed E-state index contributed by atoms with van der Waals surface area (Å²) in [7, 11) is 0. The second kappa shape index (κ2) is 5.59. The van der Waals surface area contributed by atoms with Gasteiger partial charge >= 0.3 is 6.09 Å². The van der Waals surface area contributed by atoms with Crippen LogP contribution in [0, 0.1) is 0 Å². The summed E-state index contributed by atoms with van der Waals surface area (Å²) in [5.41, 5.74) is 5.65. The van der Waals surface area contributed by atoms with Gasteiger partial charge in [0.05, 0.1) is 16.8 Å². The number of rotatable bonds is 5. The van der Waals surface area contributed by atoms with Gasteiger partial charge in [0.15, 0.2) is 10.8 Å². The highest BCUT2D eigenvalue weighted by atomic mass is 32.1. The number of carbonyl (C=O) groups excluding carboxylic acids is 2. The van der Waals surface area contributed by atoms with Gasteiger partial charge in [0, 0.05) is 6.42 Å². The van der Waals surface area contributed by atoms with Crippen LogP contribution >= 0.6 is 11.3 Å². The zero-order chi connectivity index (χ0) is 13.0. The predicted molar refractivity (Wildman–Crippen MR) is 68.7 cm³/mol. The topological polar surface area (TPSA) is 82.3 Å². The number of hydrogen-bond donors (Lipinski definition) is 1. The van der Waals surface area contributed by atoms with Crippen LogP contribution in [0.5, 0.6) is 0 Å². The molecule has 5 nitrogen and oxygen atoms in total. The van der Waals surface area contributed by atoms with Gasteiger partial charge in [0.1, 0.15) is 0 Å². The van der Waals surface area contributed by atoms with Gasteiger partial charge in [-0.3, -0.25) is 4.79 Å². The van der Waals surface area contributed by atoms with E-state index in [9.17, 15) is 9.59 Å². The van der Waals surface area contributed by atoms with Crippen LogP contribution in [0.2, 0.25) is 0 Å². The van der Waals surface area contributed by atoms with Crippen LogP contribution in [0.25, 0.3) is 10.2 Å². The van der Waals surface area contributed by atoms with Crippen LogP contribution in [-0.2, 0) is 4.74 Å². The number of carbonyl (C=O) groups is 2. The smallest absolute Gasteiger partial charge is 0.404 e. The average molecular weight is 264 g/mol. The first-order valence-corrected chi connectivity index (χ1v) is 6.29. The maximum absolute atomic E-state index is 11.8. The largest absolute Gasteiger partial charge is 0.450 e. The number of aromatic nitrogens is 1. The number of nitrogens with two attached hydrogens (primary N) is 1. The van der Waals surface area contributed by atoms with Crippen LogP contribution in [-0.4, -0.2) is 23.5 Å². The van der Waals surface area contributed by atoms with Gasteiger partial charge in [-0.2, -0.15) is 0 Å². The van der Waals surface area contributed by atoms with Gasteiger partial charge in [0.25, 0.3) is 0 Å². The molecule has 1 heterocycles. The minimum atomic E-state index is -0.817. The van der Waals surface area contributed by atoms with E-state index in [0.717, 1.165) is 10.2 Å². The fourth-order valence-electron chi connectivity index (χ4n) is 1.50. The highest BCUT2D eigenvalue weighted by Crippen LogP contribution is 2.22. The standard InChI is InChI=1S/C12H12N2O3S/c13-12(16)17-7-3-5-9(15)11-14-8-4-1-2-6-10(8)18-11/h1-2,4,6H,3,5,7H2,(H2,13,16). The molecule has 0 aliphatic heterocycles. The molecule has 94 valence electrons. The Hall–Kier alpha value is -1.95. The Kier molecular flexibility index (Phi) is 3.88. The number of ketones is 1. The van der Waals surface area contributed by atoms with Crippen LogP contribution in [0.3, 0.4) is 0 Å². The Balaban J connectivity index is 1.94. The molecule has 18 heavy (non-hydrogen) atoms. The number of ether oxygens (including phenoxy) is 1. The Bertz CT molecular complexity index is 546. The highest BCUT2D eigenvalue weighted by molar-refractivity contribution is 7.20. The second-order valence-corrected chi connectivity index (χ2v) is 4.71. The van der Waals surface area contributed by atoms with Crippen molar-refractivity contribution in [3.8, 4) is 0 Å². The number of fused-ring (bicyclic) bond motifs is 1. The van der Waals surface area contributed by atoms with E-state index in [2.05, 4.69) is 9.72 Å². The van der Waals surface area contributed by atoms with E-state index < -0.39 is 6.09 Å². The van der Waals surface area contributed by atoms with Crippen molar-refractivity contribution in [3.05, 3.63) is 29.3 Å². The van der Waals surface area contributed by atoms with E-state index in [0.29, 0.717) is 17.8 Å².